The van der Waals surface area contributed by atoms with Gasteiger partial charge in [0.2, 0.25) is 5.91 Å². The Bertz CT molecular complexity index is 650. The summed E-state index contributed by atoms with van der Waals surface area (Å²) < 4.78 is 5.36. The van der Waals surface area contributed by atoms with Gasteiger partial charge in [-0.3, -0.25) is 4.79 Å². The third-order valence-corrected chi connectivity index (χ3v) is 4.14. The van der Waals surface area contributed by atoms with Crippen LogP contribution in [0.5, 0.6) is 0 Å². The van der Waals surface area contributed by atoms with Crippen molar-refractivity contribution in [1.29, 1.82) is 0 Å². The van der Waals surface area contributed by atoms with E-state index in [2.05, 4.69) is 40.7 Å². The van der Waals surface area contributed by atoms with E-state index in [1.807, 2.05) is 6.20 Å². The molecule has 0 bridgehead atoms. The van der Waals surface area contributed by atoms with E-state index in [4.69, 9.17) is 4.74 Å². The monoisotopic (exact) mass is 337 g/mol. The molecule has 6 heteroatoms. The summed E-state index contributed by atoms with van der Waals surface area (Å²) in [7, 11) is 0. The molecule has 1 aliphatic rings. The predicted molar refractivity (Wildman–Crippen MR) is 94.2 cm³/mol. The van der Waals surface area contributed by atoms with E-state index in [0.29, 0.717) is 19.6 Å². The van der Waals surface area contributed by atoms with Crippen molar-refractivity contribution in [2.75, 3.05) is 26.3 Å². The SMILES string of the molecule is Cc1cccc2[nH]cc(CCNC(=O)CC3COCCN3)c12.Cl. The summed E-state index contributed by atoms with van der Waals surface area (Å²) in [5.41, 5.74) is 3.68. The Morgan fingerprint density at radius 2 is 2.30 bits per heavy atom. The zero-order valence-corrected chi connectivity index (χ0v) is 14.2. The zero-order valence-electron chi connectivity index (χ0n) is 13.4. The van der Waals surface area contributed by atoms with Gasteiger partial charge in [-0.15, -0.1) is 12.4 Å². The van der Waals surface area contributed by atoms with Crippen LogP contribution in [0.4, 0.5) is 0 Å². The highest BCUT2D eigenvalue weighted by atomic mass is 35.5. The van der Waals surface area contributed by atoms with Crippen LogP contribution in [-0.2, 0) is 16.0 Å². The number of aromatic amines is 1. The Balaban J connectivity index is 0.00000192. The first-order chi connectivity index (χ1) is 10.7. The number of ether oxygens (including phenoxy) is 1. The number of rotatable bonds is 5. The van der Waals surface area contributed by atoms with E-state index < -0.39 is 0 Å². The number of H-pyrrole nitrogens is 1. The van der Waals surface area contributed by atoms with E-state index in [9.17, 15) is 4.79 Å². The maximum Gasteiger partial charge on any atom is 0.221 e. The van der Waals surface area contributed by atoms with Gasteiger partial charge in [0.05, 0.1) is 13.2 Å². The molecule has 1 atom stereocenters. The van der Waals surface area contributed by atoms with Crippen molar-refractivity contribution in [1.82, 2.24) is 15.6 Å². The molecule has 1 aliphatic heterocycles. The Kier molecular flexibility index (Phi) is 6.45. The molecule has 5 nitrogen and oxygen atoms in total. The van der Waals surface area contributed by atoms with Gasteiger partial charge < -0.3 is 20.4 Å². The summed E-state index contributed by atoms with van der Waals surface area (Å²) in [4.78, 5) is 15.2. The highest BCUT2D eigenvalue weighted by Crippen LogP contribution is 2.22. The highest BCUT2D eigenvalue weighted by molar-refractivity contribution is 5.86. The summed E-state index contributed by atoms with van der Waals surface area (Å²) in [6, 6.07) is 6.40. The van der Waals surface area contributed by atoms with Crippen LogP contribution in [0.15, 0.2) is 24.4 Å². The molecule has 0 radical (unpaired) electrons. The quantitative estimate of drug-likeness (QED) is 0.781. The van der Waals surface area contributed by atoms with Crippen LogP contribution < -0.4 is 10.6 Å². The van der Waals surface area contributed by atoms with Crippen LogP contribution in [-0.4, -0.2) is 43.2 Å². The number of benzene rings is 1. The van der Waals surface area contributed by atoms with Crippen LogP contribution in [0, 0.1) is 6.92 Å². The number of hydrogen-bond acceptors (Lipinski definition) is 3. The fourth-order valence-corrected chi connectivity index (χ4v) is 3.03. The number of fused-ring (bicyclic) bond motifs is 1. The van der Waals surface area contributed by atoms with E-state index in [0.717, 1.165) is 25.1 Å². The first kappa shape index (κ1) is 17.8. The number of carbonyl (C=O) groups excluding carboxylic acids is 1. The minimum atomic E-state index is 0. The molecule has 1 aromatic heterocycles. The molecule has 0 saturated carbocycles. The molecule has 1 fully saturated rings. The molecule has 3 rings (SSSR count). The Hall–Kier alpha value is -1.56. The molecule has 1 amide bonds. The van der Waals surface area contributed by atoms with Gasteiger partial charge in [0, 0.05) is 42.7 Å². The molecule has 0 aliphatic carbocycles. The summed E-state index contributed by atoms with van der Waals surface area (Å²) in [6.45, 7) is 4.96. The lowest BCUT2D eigenvalue weighted by Crippen LogP contribution is -2.44. The summed E-state index contributed by atoms with van der Waals surface area (Å²) in [5, 5.41) is 7.58. The topological polar surface area (TPSA) is 66.2 Å². The van der Waals surface area contributed by atoms with Gasteiger partial charge in [0.1, 0.15) is 0 Å². The molecule has 2 aromatic rings. The molecule has 23 heavy (non-hydrogen) atoms. The molecule has 2 heterocycles. The molecular formula is C17H24ClN3O2. The second-order valence-corrected chi connectivity index (χ2v) is 5.84. The van der Waals surface area contributed by atoms with Crippen molar-refractivity contribution in [3.05, 3.63) is 35.5 Å². The predicted octanol–water partition coefficient (Wildman–Crippen LogP) is 1.94. The van der Waals surface area contributed by atoms with Crippen molar-refractivity contribution in [2.45, 2.75) is 25.8 Å². The minimum absolute atomic E-state index is 0. The number of hydrogen-bond donors (Lipinski definition) is 3. The second-order valence-electron chi connectivity index (χ2n) is 5.84. The van der Waals surface area contributed by atoms with Gasteiger partial charge in [0.25, 0.3) is 0 Å². The van der Waals surface area contributed by atoms with Gasteiger partial charge in [0.15, 0.2) is 0 Å². The third-order valence-electron chi connectivity index (χ3n) is 4.14. The minimum Gasteiger partial charge on any atom is -0.378 e. The molecule has 1 unspecified atom stereocenters. The molecule has 1 aromatic carbocycles. The van der Waals surface area contributed by atoms with Crippen molar-refractivity contribution >= 4 is 29.2 Å². The molecule has 0 spiro atoms. The lowest BCUT2D eigenvalue weighted by Gasteiger charge is -2.23. The van der Waals surface area contributed by atoms with Crippen LogP contribution in [0.25, 0.3) is 10.9 Å². The number of aromatic nitrogens is 1. The maximum absolute atomic E-state index is 12.0. The van der Waals surface area contributed by atoms with Crippen molar-refractivity contribution in [3.63, 3.8) is 0 Å². The smallest absolute Gasteiger partial charge is 0.221 e. The van der Waals surface area contributed by atoms with Gasteiger partial charge in [-0.1, -0.05) is 12.1 Å². The normalized spacial score (nSPS) is 17.7. The first-order valence-corrected chi connectivity index (χ1v) is 7.87. The van der Waals surface area contributed by atoms with E-state index in [1.165, 1.54) is 16.5 Å². The lowest BCUT2D eigenvalue weighted by atomic mass is 10.1. The third kappa shape index (κ3) is 4.47. The van der Waals surface area contributed by atoms with Crippen LogP contribution >= 0.6 is 12.4 Å². The lowest BCUT2D eigenvalue weighted by molar-refractivity contribution is -0.122. The average Bonchev–Trinajstić information content (AvgIpc) is 2.93. The second kappa shape index (κ2) is 8.34. The summed E-state index contributed by atoms with van der Waals surface area (Å²) in [5.74, 6) is 0.0829. The number of morpholine rings is 1. The van der Waals surface area contributed by atoms with E-state index in [1.54, 1.807) is 0 Å². The number of nitrogens with one attached hydrogen (secondary N) is 3. The molecule has 1 saturated heterocycles. The van der Waals surface area contributed by atoms with Crippen LogP contribution in [0.2, 0.25) is 0 Å². The van der Waals surface area contributed by atoms with Crippen LogP contribution in [0.1, 0.15) is 17.5 Å². The number of amides is 1. The largest absolute Gasteiger partial charge is 0.378 e. The number of carbonyl (C=O) groups is 1. The molecule has 126 valence electrons. The fraction of sp³-hybridized carbons (Fsp3) is 0.471. The Morgan fingerprint density at radius 3 is 3.09 bits per heavy atom. The first-order valence-electron chi connectivity index (χ1n) is 7.87. The van der Waals surface area contributed by atoms with Gasteiger partial charge >= 0.3 is 0 Å². The summed E-state index contributed by atoms with van der Waals surface area (Å²) >= 11 is 0. The van der Waals surface area contributed by atoms with Gasteiger partial charge in [-0.25, -0.2) is 0 Å². The van der Waals surface area contributed by atoms with Crippen molar-refractivity contribution in [2.24, 2.45) is 0 Å². The average molecular weight is 338 g/mol. The standard InChI is InChI=1S/C17H23N3O2.ClH/c1-12-3-2-4-15-17(12)13(10-20-15)5-6-19-16(21)9-14-11-22-8-7-18-14;/h2-4,10,14,18,20H,5-9,11H2,1H3,(H,19,21);1H. The Morgan fingerprint density at radius 1 is 1.43 bits per heavy atom. The van der Waals surface area contributed by atoms with Gasteiger partial charge in [-0.2, -0.15) is 0 Å². The van der Waals surface area contributed by atoms with Gasteiger partial charge in [-0.05, 0) is 30.5 Å². The molecular weight excluding hydrogens is 314 g/mol. The summed E-state index contributed by atoms with van der Waals surface area (Å²) in [6.07, 6.45) is 3.36. The van der Waals surface area contributed by atoms with E-state index >= 15 is 0 Å². The fourth-order valence-electron chi connectivity index (χ4n) is 3.03. The molecule has 3 N–H and O–H groups in total. The maximum atomic E-state index is 12.0. The number of halogens is 1. The highest BCUT2D eigenvalue weighted by Gasteiger charge is 2.16. The van der Waals surface area contributed by atoms with Crippen LogP contribution in [0.3, 0.4) is 0 Å². The Labute approximate surface area is 142 Å². The zero-order chi connectivity index (χ0) is 15.4. The van der Waals surface area contributed by atoms with E-state index in [-0.39, 0.29) is 24.4 Å². The van der Waals surface area contributed by atoms with Crippen molar-refractivity contribution in [3.8, 4) is 0 Å². The van der Waals surface area contributed by atoms with Crippen molar-refractivity contribution < 1.29 is 9.53 Å². The number of aryl methyl sites for hydroxylation is 1.